The van der Waals surface area contributed by atoms with Gasteiger partial charge < -0.3 is 20.0 Å². The maximum absolute atomic E-state index is 9.78. The Morgan fingerprint density at radius 2 is 2.25 bits per heavy atom. The zero-order valence-corrected chi connectivity index (χ0v) is 9.98. The third-order valence-electron chi connectivity index (χ3n) is 2.09. The smallest absolute Gasteiger partial charge is 0.292 e. The van der Waals surface area contributed by atoms with Gasteiger partial charge in [0.05, 0.1) is 17.8 Å². The number of methoxy groups -OCH3 is 1. The number of nitrogens with two attached hydrogens (primary N) is 1. The summed E-state index contributed by atoms with van der Waals surface area (Å²) >= 11 is 3.26. The number of oxazole rings is 1. The maximum atomic E-state index is 9.78. The number of phenolic OH excluding ortho intramolecular Hbond substituents is 1. The van der Waals surface area contributed by atoms with E-state index in [2.05, 4.69) is 20.9 Å². The van der Waals surface area contributed by atoms with Crippen molar-refractivity contribution in [1.29, 1.82) is 0 Å². The summed E-state index contributed by atoms with van der Waals surface area (Å²) in [5.41, 5.74) is 6.03. The molecule has 0 aliphatic rings. The first-order valence-electron chi connectivity index (χ1n) is 4.40. The lowest BCUT2D eigenvalue weighted by Gasteiger charge is -2.07. The number of rotatable bonds is 2. The molecule has 5 nitrogen and oxygen atoms in total. The monoisotopic (exact) mass is 284 g/mol. The molecule has 2 aromatic rings. The van der Waals surface area contributed by atoms with Crippen LogP contribution in [0.4, 0.5) is 6.01 Å². The van der Waals surface area contributed by atoms with Crippen LogP contribution in [0.1, 0.15) is 0 Å². The summed E-state index contributed by atoms with van der Waals surface area (Å²) < 4.78 is 10.6. The van der Waals surface area contributed by atoms with Crippen molar-refractivity contribution in [3.63, 3.8) is 0 Å². The number of aromatic hydroxyl groups is 1. The van der Waals surface area contributed by atoms with Gasteiger partial charge in [0.2, 0.25) is 0 Å². The van der Waals surface area contributed by atoms with E-state index in [-0.39, 0.29) is 11.8 Å². The molecule has 1 aromatic heterocycles. The van der Waals surface area contributed by atoms with Crippen molar-refractivity contribution in [2.75, 3.05) is 12.8 Å². The Hall–Kier alpha value is -1.69. The van der Waals surface area contributed by atoms with Crippen LogP contribution in [0.15, 0.2) is 27.2 Å². The summed E-state index contributed by atoms with van der Waals surface area (Å²) in [5, 5.41) is 9.78. The number of anilines is 1. The summed E-state index contributed by atoms with van der Waals surface area (Å²) in [6, 6.07) is 3.45. The lowest BCUT2D eigenvalue weighted by Crippen LogP contribution is -1.86. The molecule has 0 saturated carbocycles. The number of benzene rings is 1. The summed E-state index contributed by atoms with van der Waals surface area (Å²) in [6.07, 6.45) is 1.49. The Morgan fingerprint density at radius 1 is 1.50 bits per heavy atom. The van der Waals surface area contributed by atoms with Crippen molar-refractivity contribution in [1.82, 2.24) is 4.98 Å². The van der Waals surface area contributed by atoms with Gasteiger partial charge in [0.1, 0.15) is 0 Å². The van der Waals surface area contributed by atoms with Crippen LogP contribution in [0, 0.1) is 0 Å². The van der Waals surface area contributed by atoms with Gasteiger partial charge in [-0.15, -0.1) is 0 Å². The van der Waals surface area contributed by atoms with Gasteiger partial charge in [-0.1, -0.05) is 0 Å². The predicted molar refractivity (Wildman–Crippen MR) is 62.3 cm³/mol. The molecule has 1 aromatic carbocycles. The number of hydrogen-bond acceptors (Lipinski definition) is 5. The molecule has 84 valence electrons. The zero-order chi connectivity index (χ0) is 11.7. The van der Waals surface area contributed by atoms with Gasteiger partial charge in [0.25, 0.3) is 6.01 Å². The van der Waals surface area contributed by atoms with Crippen molar-refractivity contribution >= 4 is 21.9 Å². The quantitative estimate of drug-likeness (QED) is 0.885. The third kappa shape index (κ3) is 1.71. The number of nitrogen functional groups attached to an aromatic ring is 1. The van der Waals surface area contributed by atoms with Gasteiger partial charge in [0.15, 0.2) is 17.3 Å². The number of phenols is 1. The molecule has 0 fully saturated rings. The molecule has 0 aliphatic carbocycles. The van der Waals surface area contributed by atoms with E-state index in [0.717, 1.165) is 0 Å². The number of ether oxygens (including phenoxy) is 1. The predicted octanol–water partition coefficient (Wildman–Crippen LogP) is 2.40. The Morgan fingerprint density at radius 3 is 2.81 bits per heavy atom. The molecule has 0 saturated heterocycles. The Labute approximate surface area is 100.0 Å². The minimum absolute atomic E-state index is 0.00923. The van der Waals surface area contributed by atoms with E-state index in [1.165, 1.54) is 13.3 Å². The summed E-state index contributed by atoms with van der Waals surface area (Å²) in [4.78, 5) is 3.78. The van der Waals surface area contributed by atoms with Gasteiger partial charge in [0, 0.05) is 5.56 Å². The van der Waals surface area contributed by atoms with E-state index in [1.54, 1.807) is 12.1 Å². The van der Waals surface area contributed by atoms with Crippen LogP contribution in [0.25, 0.3) is 11.3 Å². The van der Waals surface area contributed by atoms with Crippen LogP contribution >= 0.6 is 15.9 Å². The molecular formula is C10H9BrN2O3. The highest BCUT2D eigenvalue weighted by Gasteiger charge is 2.14. The van der Waals surface area contributed by atoms with Crippen LogP contribution in [0.5, 0.6) is 11.5 Å². The van der Waals surface area contributed by atoms with Crippen molar-refractivity contribution in [2.24, 2.45) is 0 Å². The standard InChI is InChI=1S/C10H9BrN2O3/c1-15-6-3-2-5(8(11)9(6)14)7-4-13-10(12)16-7/h2-4,14H,1H3,(H2,12,13). The molecular weight excluding hydrogens is 276 g/mol. The van der Waals surface area contributed by atoms with Crippen LogP contribution in [-0.2, 0) is 0 Å². The van der Waals surface area contributed by atoms with Crippen LogP contribution in [0.3, 0.4) is 0 Å². The fraction of sp³-hybridized carbons (Fsp3) is 0.100. The van der Waals surface area contributed by atoms with Crippen molar-refractivity contribution in [2.45, 2.75) is 0 Å². The molecule has 0 radical (unpaired) electrons. The normalized spacial score (nSPS) is 10.4. The van der Waals surface area contributed by atoms with Gasteiger partial charge in [-0.25, -0.2) is 4.98 Å². The minimum Gasteiger partial charge on any atom is -0.503 e. The second-order valence-corrected chi connectivity index (χ2v) is 3.83. The molecule has 0 atom stereocenters. The summed E-state index contributed by atoms with van der Waals surface area (Å²) in [6.45, 7) is 0. The fourth-order valence-corrected chi connectivity index (χ4v) is 1.84. The molecule has 0 unspecified atom stereocenters. The minimum atomic E-state index is 0.00923. The van der Waals surface area contributed by atoms with E-state index >= 15 is 0 Å². The van der Waals surface area contributed by atoms with E-state index in [4.69, 9.17) is 14.9 Å². The molecule has 0 aliphatic heterocycles. The second kappa shape index (κ2) is 4.05. The van der Waals surface area contributed by atoms with E-state index < -0.39 is 0 Å². The fourth-order valence-electron chi connectivity index (χ4n) is 1.31. The van der Waals surface area contributed by atoms with E-state index in [0.29, 0.717) is 21.5 Å². The zero-order valence-electron chi connectivity index (χ0n) is 8.40. The number of hydrogen-bond donors (Lipinski definition) is 2. The Balaban J connectivity index is 2.55. The Kier molecular flexibility index (Phi) is 2.74. The van der Waals surface area contributed by atoms with Gasteiger partial charge in [-0.05, 0) is 28.1 Å². The largest absolute Gasteiger partial charge is 0.503 e. The van der Waals surface area contributed by atoms with Crippen molar-refractivity contribution < 1.29 is 14.3 Å². The maximum Gasteiger partial charge on any atom is 0.292 e. The average molecular weight is 285 g/mol. The number of aromatic nitrogens is 1. The van der Waals surface area contributed by atoms with Gasteiger partial charge in [-0.2, -0.15) is 0 Å². The van der Waals surface area contributed by atoms with Crippen molar-refractivity contribution in [3.05, 3.63) is 22.8 Å². The van der Waals surface area contributed by atoms with Crippen LogP contribution in [0.2, 0.25) is 0 Å². The first-order valence-corrected chi connectivity index (χ1v) is 5.20. The highest BCUT2D eigenvalue weighted by atomic mass is 79.9. The lowest BCUT2D eigenvalue weighted by atomic mass is 10.1. The van der Waals surface area contributed by atoms with Crippen molar-refractivity contribution in [3.8, 4) is 22.8 Å². The molecule has 0 amide bonds. The molecule has 0 spiro atoms. The molecule has 1 heterocycles. The molecule has 6 heteroatoms. The first-order chi connectivity index (χ1) is 7.63. The average Bonchev–Trinajstić information content (AvgIpc) is 2.69. The highest BCUT2D eigenvalue weighted by Crippen LogP contribution is 2.41. The highest BCUT2D eigenvalue weighted by molar-refractivity contribution is 9.10. The van der Waals surface area contributed by atoms with Gasteiger partial charge >= 0.3 is 0 Å². The molecule has 3 N–H and O–H groups in total. The van der Waals surface area contributed by atoms with Crippen LogP contribution in [-0.4, -0.2) is 17.2 Å². The third-order valence-corrected chi connectivity index (χ3v) is 2.89. The number of halogens is 1. The molecule has 0 bridgehead atoms. The van der Waals surface area contributed by atoms with Crippen LogP contribution < -0.4 is 10.5 Å². The number of nitrogens with zero attached hydrogens (tertiary/aromatic N) is 1. The topological polar surface area (TPSA) is 81.5 Å². The van der Waals surface area contributed by atoms with E-state index in [9.17, 15) is 5.11 Å². The first kappa shape index (κ1) is 10.8. The van der Waals surface area contributed by atoms with Gasteiger partial charge in [-0.3, -0.25) is 0 Å². The summed E-state index contributed by atoms with van der Waals surface area (Å²) in [5.74, 6) is 0.861. The lowest BCUT2D eigenvalue weighted by molar-refractivity contribution is 0.372. The Bertz CT molecular complexity index is 525. The second-order valence-electron chi connectivity index (χ2n) is 3.04. The SMILES string of the molecule is COc1ccc(-c2cnc(N)o2)c(Br)c1O. The summed E-state index contributed by atoms with van der Waals surface area (Å²) in [7, 11) is 1.48. The van der Waals surface area contributed by atoms with E-state index in [1.807, 2.05) is 0 Å². The molecule has 16 heavy (non-hydrogen) atoms. The molecule has 2 rings (SSSR count).